The zero-order valence-corrected chi connectivity index (χ0v) is 11.6. The molecule has 21 heavy (non-hydrogen) atoms. The zero-order chi connectivity index (χ0) is 14.8. The summed E-state index contributed by atoms with van der Waals surface area (Å²) in [6.07, 6.45) is 3.07. The smallest absolute Gasteiger partial charge is 0.205 e. The summed E-state index contributed by atoms with van der Waals surface area (Å²) >= 11 is 1.45. The second-order valence-corrected chi connectivity index (χ2v) is 5.39. The monoisotopic (exact) mass is 296 g/mol. The molecule has 0 amide bonds. The van der Waals surface area contributed by atoms with E-state index in [2.05, 4.69) is 4.98 Å². The van der Waals surface area contributed by atoms with Gasteiger partial charge in [-0.2, -0.15) is 5.26 Å². The van der Waals surface area contributed by atoms with Crippen molar-refractivity contribution >= 4 is 34.1 Å². The van der Waals surface area contributed by atoms with E-state index < -0.39 is 0 Å². The standard InChI is InChI=1S/C16H9FN2OS/c17-11-3-4-13-14(9-19-15(13)7-11)16(20)10(8-18)6-12-2-1-5-21-12/h1-7,9,19H/b10-6+. The van der Waals surface area contributed by atoms with Crippen LogP contribution >= 0.6 is 11.3 Å². The summed E-state index contributed by atoms with van der Waals surface area (Å²) in [7, 11) is 0. The highest BCUT2D eigenvalue weighted by Crippen LogP contribution is 2.23. The molecule has 1 aromatic carbocycles. The predicted molar refractivity (Wildman–Crippen MR) is 80.5 cm³/mol. The number of halogens is 1. The third-order valence-corrected chi connectivity index (χ3v) is 3.90. The Morgan fingerprint density at radius 3 is 2.95 bits per heavy atom. The lowest BCUT2D eigenvalue weighted by Crippen LogP contribution is -2.00. The van der Waals surface area contributed by atoms with Gasteiger partial charge in [-0.3, -0.25) is 4.79 Å². The maximum absolute atomic E-state index is 13.2. The molecule has 3 rings (SSSR count). The maximum Gasteiger partial charge on any atom is 0.205 e. The number of carbonyl (C=O) groups is 1. The minimum absolute atomic E-state index is 0.0580. The Labute approximate surface area is 124 Å². The van der Waals surface area contributed by atoms with Crippen LogP contribution in [0.1, 0.15) is 15.2 Å². The van der Waals surface area contributed by atoms with Crippen LogP contribution in [-0.2, 0) is 0 Å². The Morgan fingerprint density at radius 1 is 1.38 bits per heavy atom. The van der Waals surface area contributed by atoms with Crippen LogP contribution in [0.5, 0.6) is 0 Å². The average Bonchev–Trinajstić information content (AvgIpc) is 3.12. The molecule has 0 radical (unpaired) electrons. The fraction of sp³-hybridized carbons (Fsp3) is 0. The van der Waals surface area contributed by atoms with E-state index in [1.165, 1.54) is 35.7 Å². The summed E-state index contributed by atoms with van der Waals surface area (Å²) in [6, 6.07) is 9.77. The molecule has 0 aliphatic carbocycles. The summed E-state index contributed by atoms with van der Waals surface area (Å²) in [5.74, 6) is -0.748. The first-order valence-corrected chi connectivity index (χ1v) is 7.03. The molecule has 0 saturated heterocycles. The molecular weight excluding hydrogens is 287 g/mol. The molecular formula is C16H9FN2OS. The van der Waals surface area contributed by atoms with Crippen LogP contribution in [0.3, 0.4) is 0 Å². The SMILES string of the molecule is N#C/C(=C\c1cccs1)C(=O)c1c[nH]c2cc(F)ccc12. The Kier molecular flexibility index (Phi) is 3.38. The van der Waals surface area contributed by atoms with Crippen molar-refractivity contribution in [2.75, 3.05) is 0 Å². The number of aromatic amines is 1. The van der Waals surface area contributed by atoms with Crippen molar-refractivity contribution < 1.29 is 9.18 Å². The minimum Gasteiger partial charge on any atom is -0.360 e. The first kappa shape index (κ1) is 13.3. The van der Waals surface area contributed by atoms with E-state index in [4.69, 9.17) is 0 Å². The van der Waals surface area contributed by atoms with Crippen LogP contribution in [0.4, 0.5) is 4.39 Å². The van der Waals surface area contributed by atoms with Gasteiger partial charge < -0.3 is 4.98 Å². The van der Waals surface area contributed by atoms with E-state index in [1.54, 1.807) is 6.08 Å². The van der Waals surface area contributed by atoms with Crippen LogP contribution in [0.15, 0.2) is 47.5 Å². The van der Waals surface area contributed by atoms with Gasteiger partial charge in [0.05, 0.1) is 0 Å². The van der Waals surface area contributed by atoms with E-state index in [1.807, 2.05) is 23.6 Å². The third kappa shape index (κ3) is 2.49. The number of nitrogens with zero attached hydrogens (tertiary/aromatic N) is 1. The number of H-pyrrole nitrogens is 1. The lowest BCUT2D eigenvalue weighted by atomic mass is 10.0. The van der Waals surface area contributed by atoms with E-state index >= 15 is 0 Å². The summed E-state index contributed by atoms with van der Waals surface area (Å²) in [5.41, 5.74) is 0.962. The summed E-state index contributed by atoms with van der Waals surface area (Å²) < 4.78 is 13.2. The van der Waals surface area contributed by atoms with Crippen LogP contribution in [0, 0.1) is 17.1 Å². The van der Waals surface area contributed by atoms with Crippen molar-refractivity contribution in [2.45, 2.75) is 0 Å². The number of Topliss-reactive ketones (excluding diaryl/α,β-unsaturated/α-hetero) is 1. The number of allylic oxidation sites excluding steroid dienone is 1. The van der Waals surface area contributed by atoms with Crippen LogP contribution in [-0.4, -0.2) is 10.8 Å². The second-order valence-electron chi connectivity index (χ2n) is 4.41. The van der Waals surface area contributed by atoms with Crippen molar-refractivity contribution in [2.24, 2.45) is 0 Å². The molecule has 3 aromatic rings. The number of nitriles is 1. The van der Waals surface area contributed by atoms with Gasteiger partial charge in [0.15, 0.2) is 0 Å². The first-order valence-electron chi connectivity index (χ1n) is 6.15. The fourth-order valence-corrected chi connectivity index (χ4v) is 2.75. The highest BCUT2D eigenvalue weighted by Gasteiger charge is 2.17. The Balaban J connectivity index is 2.06. The summed E-state index contributed by atoms with van der Waals surface area (Å²) in [5, 5.41) is 11.7. The quantitative estimate of drug-likeness (QED) is 0.448. The van der Waals surface area contributed by atoms with Crippen molar-refractivity contribution in [3.05, 3.63) is 63.7 Å². The largest absolute Gasteiger partial charge is 0.360 e. The molecule has 0 aliphatic rings. The molecule has 102 valence electrons. The number of aromatic nitrogens is 1. The van der Waals surface area contributed by atoms with Crippen LogP contribution < -0.4 is 0 Å². The molecule has 2 heterocycles. The van der Waals surface area contributed by atoms with Gasteiger partial charge in [0.25, 0.3) is 0 Å². The molecule has 0 atom stereocenters. The molecule has 0 saturated carbocycles. The maximum atomic E-state index is 13.2. The van der Waals surface area contributed by atoms with Gasteiger partial charge in [0.1, 0.15) is 17.5 Å². The van der Waals surface area contributed by atoms with Gasteiger partial charge in [0.2, 0.25) is 5.78 Å². The van der Waals surface area contributed by atoms with Crippen molar-refractivity contribution in [3.63, 3.8) is 0 Å². The third-order valence-electron chi connectivity index (χ3n) is 3.08. The van der Waals surface area contributed by atoms with Gasteiger partial charge >= 0.3 is 0 Å². The van der Waals surface area contributed by atoms with Crippen LogP contribution in [0.2, 0.25) is 0 Å². The number of thiophene rings is 1. The van der Waals surface area contributed by atoms with Gasteiger partial charge in [-0.1, -0.05) is 6.07 Å². The molecule has 3 nitrogen and oxygen atoms in total. The number of rotatable bonds is 3. The molecule has 1 N–H and O–H groups in total. The molecule has 0 spiro atoms. The highest BCUT2D eigenvalue weighted by atomic mass is 32.1. The Hall–Kier alpha value is -2.71. The number of benzene rings is 1. The van der Waals surface area contributed by atoms with E-state index in [9.17, 15) is 14.4 Å². The van der Waals surface area contributed by atoms with Crippen molar-refractivity contribution in [3.8, 4) is 6.07 Å². The van der Waals surface area contributed by atoms with E-state index in [-0.39, 0.29) is 17.2 Å². The number of nitrogens with one attached hydrogen (secondary N) is 1. The zero-order valence-electron chi connectivity index (χ0n) is 10.8. The van der Waals surface area contributed by atoms with Gasteiger partial charge in [0, 0.05) is 27.5 Å². The molecule has 0 fully saturated rings. The Morgan fingerprint density at radius 2 is 2.24 bits per heavy atom. The highest BCUT2D eigenvalue weighted by molar-refractivity contribution is 7.10. The summed E-state index contributed by atoms with van der Waals surface area (Å²) in [4.78, 5) is 16.2. The molecule has 0 bridgehead atoms. The molecule has 0 aliphatic heterocycles. The number of ketones is 1. The topological polar surface area (TPSA) is 56.6 Å². The van der Waals surface area contributed by atoms with Crippen LogP contribution in [0.25, 0.3) is 17.0 Å². The van der Waals surface area contributed by atoms with Crippen molar-refractivity contribution in [1.82, 2.24) is 4.98 Å². The van der Waals surface area contributed by atoms with Gasteiger partial charge in [-0.15, -0.1) is 11.3 Å². The van der Waals surface area contributed by atoms with Gasteiger partial charge in [-0.25, -0.2) is 4.39 Å². The lowest BCUT2D eigenvalue weighted by Gasteiger charge is -1.97. The first-order chi connectivity index (χ1) is 10.2. The number of carbonyl (C=O) groups excluding carboxylic acids is 1. The Bertz CT molecular complexity index is 885. The average molecular weight is 296 g/mol. The fourth-order valence-electron chi connectivity index (χ4n) is 2.10. The predicted octanol–water partition coefficient (Wildman–Crippen LogP) is 4.16. The molecule has 5 heteroatoms. The minimum atomic E-state index is -0.377. The molecule has 2 aromatic heterocycles. The van der Waals surface area contributed by atoms with Gasteiger partial charge in [-0.05, 0) is 35.7 Å². The van der Waals surface area contributed by atoms with E-state index in [0.717, 1.165) is 4.88 Å². The summed E-state index contributed by atoms with van der Waals surface area (Å²) in [6.45, 7) is 0. The lowest BCUT2D eigenvalue weighted by molar-refractivity contribution is 0.104. The van der Waals surface area contributed by atoms with Crippen molar-refractivity contribution in [1.29, 1.82) is 5.26 Å². The normalized spacial score (nSPS) is 11.5. The number of fused-ring (bicyclic) bond motifs is 1. The second kappa shape index (κ2) is 5.35. The molecule has 0 unspecified atom stereocenters. The van der Waals surface area contributed by atoms with E-state index in [0.29, 0.717) is 16.5 Å². The number of hydrogen-bond acceptors (Lipinski definition) is 3. The number of hydrogen-bond donors (Lipinski definition) is 1.